The van der Waals surface area contributed by atoms with Gasteiger partial charge in [0.25, 0.3) is 5.56 Å². The number of halogens is 1. The van der Waals surface area contributed by atoms with Crippen molar-refractivity contribution in [1.29, 1.82) is 0 Å². The summed E-state index contributed by atoms with van der Waals surface area (Å²) in [7, 11) is 2.98. The molecule has 146 valence electrons. The van der Waals surface area contributed by atoms with E-state index in [4.69, 9.17) is 0 Å². The molecule has 0 aliphatic heterocycles. The minimum absolute atomic E-state index is 0.237. The average molecular weight is 409 g/mol. The Morgan fingerprint density at radius 2 is 1.79 bits per heavy atom. The Balaban J connectivity index is 1.94. The summed E-state index contributed by atoms with van der Waals surface area (Å²) in [4.78, 5) is 38.3. The van der Waals surface area contributed by atoms with Crippen molar-refractivity contribution in [2.24, 2.45) is 14.1 Å². The fourth-order valence-corrected chi connectivity index (χ4v) is 3.84. The van der Waals surface area contributed by atoms with Crippen LogP contribution in [0, 0.1) is 5.82 Å². The van der Waals surface area contributed by atoms with Crippen LogP contribution in [0.3, 0.4) is 0 Å². The maximum atomic E-state index is 13.3. The van der Waals surface area contributed by atoms with E-state index in [1.54, 1.807) is 31.6 Å². The van der Waals surface area contributed by atoms with E-state index in [0.717, 1.165) is 10.1 Å². The molecule has 0 aliphatic rings. The Bertz CT molecular complexity index is 1320. The van der Waals surface area contributed by atoms with Gasteiger partial charge in [-0.3, -0.25) is 18.9 Å². The highest BCUT2D eigenvalue weighted by Gasteiger charge is 2.18. The van der Waals surface area contributed by atoms with Gasteiger partial charge in [0.1, 0.15) is 16.2 Å². The highest BCUT2D eigenvalue weighted by Crippen LogP contribution is 2.28. The van der Waals surface area contributed by atoms with Gasteiger partial charge in [-0.2, -0.15) is 0 Å². The molecule has 0 spiro atoms. The number of hydrogen-bond acceptors (Lipinski definition) is 6. The van der Waals surface area contributed by atoms with E-state index in [0.29, 0.717) is 22.2 Å². The van der Waals surface area contributed by atoms with Gasteiger partial charge < -0.3 is 0 Å². The van der Waals surface area contributed by atoms with Gasteiger partial charge in [0.05, 0.1) is 0 Å². The predicted molar refractivity (Wildman–Crippen MR) is 109 cm³/mol. The molecule has 0 saturated heterocycles. The molecule has 1 aromatic carbocycles. The minimum atomic E-state index is -0.477. The molecule has 29 heavy (non-hydrogen) atoms. The van der Waals surface area contributed by atoms with Crippen molar-refractivity contribution in [2.45, 2.75) is 10.8 Å². The van der Waals surface area contributed by atoms with Crippen LogP contribution >= 0.6 is 11.8 Å². The molecular weight excluding hydrogens is 393 g/mol. The largest absolute Gasteiger partial charge is 0.332 e. The fourth-order valence-electron chi connectivity index (χ4n) is 2.90. The van der Waals surface area contributed by atoms with Crippen molar-refractivity contribution in [3.8, 4) is 11.4 Å². The second-order valence-electron chi connectivity index (χ2n) is 6.41. The Hall–Kier alpha value is -3.33. The van der Waals surface area contributed by atoms with Crippen molar-refractivity contribution in [3.05, 3.63) is 81.0 Å². The number of thioether (sulfide) groups is 1. The highest BCUT2D eigenvalue weighted by atomic mass is 32.2. The molecule has 0 bridgehead atoms. The summed E-state index contributed by atoms with van der Waals surface area (Å²) in [5.41, 5.74) is 0.858. The third kappa shape index (κ3) is 3.56. The number of rotatable bonds is 4. The zero-order valence-corrected chi connectivity index (χ0v) is 16.5. The topological polar surface area (TPSA) is 82.7 Å². The molecule has 7 nitrogen and oxygen atoms in total. The van der Waals surface area contributed by atoms with Gasteiger partial charge in [-0.1, -0.05) is 6.07 Å². The third-order valence-corrected chi connectivity index (χ3v) is 5.51. The average Bonchev–Trinajstić information content (AvgIpc) is 2.75. The predicted octanol–water partition coefficient (Wildman–Crippen LogP) is 2.52. The molecule has 3 aromatic heterocycles. The van der Waals surface area contributed by atoms with Crippen LogP contribution in [0.25, 0.3) is 22.4 Å². The molecule has 0 atom stereocenters. The standard InChI is InChI=1S/C20H16FN5O2S/c1-25-17-15(19(27)26(2)20(25)28)18(29-11-12-4-3-9-22-10-12)24-16(23-17)13-5-7-14(21)8-6-13/h3-10H,11H2,1-2H3. The Labute approximate surface area is 168 Å². The summed E-state index contributed by atoms with van der Waals surface area (Å²) in [6.45, 7) is 0. The van der Waals surface area contributed by atoms with Crippen LogP contribution < -0.4 is 11.2 Å². The Morgan fingerprint density at radius 3 is 2.48 bits per heavy atom. The first-order valence-electron chi connectivity index (χ1n) is 8.71. The van der Waals surface area contributed by atoms with Gasteiger partial charge in [0.15, 0.2) is 11.5 Å². The third-order valence-electron chi connectivity index (χ3n) is 4.47. The summed E-state index contributed by atoms with van der Waals surface area (Å²) in [6.07, 6.45) is 3.43. The van der Waals surface area contributed by atoms with Gasteiger partial charge in [0, 0.05) is 37.8 Å². The molecule has 0 aliphatic carbocycles. The highest BCUT2D eigenvalue weighted by molar-refractivity contribution is 7.98. The van der Waals surface area contributed by atoms with Crippen LogP contribution in [-0.4, -0.2) is 24.1 Å². The summed E-state index contributed by atoms with van der Waals surface area (Å²) >= 11 is 1.36. The number of aromatic nitrogens is 5. The first-order valence-corrected chi connectivity index (χ1v) is 9.69. The second-order valence-corrected chi connectivity index (χ2v) is 7.38. The molecule has 9 heteroatoms. The molecule has 0 saturated carbocycles. The monoisotopic (exact) mass is 409 g/mol. The molecule has 0 N–H and O–H groups in total. The fraction of sp³-hybridized carbons (Fsp3) is 0.150. The molecule has 0 radical (unpaired) electrons. The van der Waals surface area contributed by atoms with Gasteiger partial charge in [-0.25, -0.2) is 19.2 Å². The lowest BCUT2D eigenvalue weighted by Crippen LogP contribution is -2.37. The number of fused-ring (bicyclic) bond motifs is 1. The summed E-state index contributed by atoms with van der Waals surface area (Å²) < 4.78 is 15.7. The van der Waals surface area contributed by atoms with E-state index in [1.165, 1.54) is 35.5 Å². The maximum Gasteiger partial charge on any atom is 0.332 e. The Kier molecular flexibility index (Phi) is 4.98. The molecule has 4 rings (SSSR count). The van der Waals surface area contributed by atoms with Crippen LogP contribution in [0.15, 0.2) is 63.4 Å². The Morgan fingerprint density at radius 1 is 1.03 bits per heavy atom. The lowest BCUT2D eigenvalue weighted by molar-refractivity contribution is 0.628. The zero-order valence-electron chi connectivity index (χ0n) is 15.7. The smallest absolute Gasteiger partial charge is 0.280 e. The van der Waals surface area contributed by atoms with E-state index in [2.05, 4.69) is 15.0 Å². The lowest BCUT2D eigenvalue weighted by atomic mass is 10.2. The van der Waals surface area contributed by atoms with Crippen molar-refractivity contribution in [1.82, 2.24) is 24.1 Å². The van der Waals surface area contributed by atoms with Crippen LogP contribution in [0.2, 0.25) is 0 Å². The van der Waals surface area contributed by atoms with E-state index in [9.17, 15) is 14.0 Å². The summed E-state index contributed by atoms with van der Waals surface area (Å²) in [5.74, 6) is 0.478. The first kappa shape index (κ1) is 19.0. The molecule has 0 fully saturated rings. The molecule has 0 amide bonds. The van der Waals surface area contributed by atoms with E-state index < -0.39 is 11.2 Å². The summed E-state index contributed by atoms with van der Waals surface area (Å²) in [6, 6.07) is 9.51. The van der Waals surface area contributed by atoms with Crippen molar-refractivity contribution >= 4 is 22.8 Å². The normalized spacial score (nSPS) is 11.1. The number of benzene rings is 1. The SMILES string of the molecule is Cn1c(=O)c2c(SCc3cccnc3)nc(-c3ccc(F)cc3)nc2n(C)c1=O. The second kappa shape index (κ2) is 7.59. The van der Waals surface area contributed by atoms with Gasteiger partial charge >= 0.3 is 5.69 Å². The van der Waals surface area contributed by atoms with Crippen molar-refractivity contribution < 1.29 is 4.39 Å². The molecule has 3 heterocycles. The minimum Gasteiger partial charge on any atom is -0.280 e. The van der Waals surface area contributed by atoms with E-state index in [-0.39, 0.29) is 16.9 Å². The number of hydrogen-bond donors (Lipinski definition) is 0. The lowest BCUT2D eigenvalue weighted by Gasteiger charge is -2.12. The maximum absolute atomic E-state index is 13.3. The van der Waals surface area contributed by atoms with Crippen LogP contribution in [0.1, 0.15) is 5.56 Å². The molecule has 4 aromatic rings. The van der Waals surface area contributed by atoms with Gasteiger partial charge in [-0.15, -0.1) is 11.8 Å². The quantitative estimate of drug-likeness (QED) is 0.381. The summed E-state index contributed by atoms with van der Waals surface area (Å²) in [5, 5.41) is 0.726. The van der Waals surface area contributed by atoms with Crippen LogP contribution in [0.5, 0.6) is 0 Å². The molecular formula is C20H16FN5O2S. The number of nitrogens with zero attached hydrogens (tertiary/aromatic N) is 5. The van der Waals surface area contributed by atoms with Crippen molar-refractivity contribution in [2.75, 3.05) is 0 Å². The zero-order chi connectivity index (χ0) is 20.5. The molecule has 0 unspecified atom stereocenters. The number of aryl methyl sites for hydroxylation is 1. The van der Waals surface area contributed by atoms with E-state index in [1.807, 2.05) is 12.1 Å². The van der Waals surface area contributed by atoms with Crippen LogP contribution in [-0.2, 0) is 19.8 Å². The van der Waals surface area contributed by atoms with E-state index >= 15 is 0 Å². The van der Waals surface area contributed by atoms with Gasteiger partial charge in [-0.05, 0) is 35.9 Å². The van der Waals surface area contributed by atoms with Gasteiger partial charge in [0.2, 0.25) is 0 Å². The van der Waals surface area contributed by atoms with Crippen LogP contribution in [0.4, 0.5) is 4.39 Å². The number of pyridine rings is 1. The first-order chi connectivity index (χ1) is 14.0. The van der Waals surface area contributed by atoms with Crippen molar-refractivity contribution in [3.63, 3.8) is 0 Å².